The van der Waals surface area contributed by atoms with Crippen molar-refractivity contribution >= 4 is 11.9 Å². The summed E-state index contributed by atoms with van der Waals surface area (Å²) in [4.78, 5) is 22.7. The second kappa shape index (κ2) is 7.48. The summed E-state index contributed by atoms with van der Waals surface area (Å²) in [5.74, 6) is -0.852. The van der Waals surface area contributed by atoms with Gasteiger partial charge in [-0.25, -0.2) is 4.79 Å². The zero-order chi connectivity index (χ0) is 14.4. The average Bonchev–Trinajstić information content (AvgIpc) is 2.32. The molecule has 110 valence electrons. The molecule has 1 fully saturated rings. The number of aliphatic carboxylic acids is 1. The highest BCUT2D eigenvalue weighted by Gasteiger charge is 2.24. The van der Waals surface area contributed by atoms with E-state index in [1.54, 1.807) is 13.8 Å². The Morgan fingerprint density at radius 2 is 2.05 bits per heavy atom. The van der Waals surface area contributed by atoms with E-state index in [0.29, 0.717) is 5.92 Å². The molecule has 2 N–H and O–H groups in total. The molecule has 0 spiro atoms. The number of carbonyl (C=O) groups excluding carboxylic acids is 1. The highest BCUT2D eigenvalue weighted by molar-refractivity contribution is 5.84. The predicted octanol–water partition coefficient (Wildman–Crippen LogP) is 1.81. The van der Waals surface area contributed by atoms with Gasteiger partial charge in [-0.15, -0.1) is 0 Å². The summed E-state index contributed by atoms with van der Waals surface area (Å²) >= 11 is 0. The lowest BCUT2D eigenvalue weighted by molar-refractivity contribution is -0.144. The van der Waals surface area contributed by atoms with Crippen LogP contribution < -0.4 is 5.32 Å². The monoisotopic (exact) mass is 271 g/mol. The van der Waals surface area contributed by atoms with E-state index < -0.39 is 12.0 Å². The number of carboxylic acids is 1. The molecule has 0 bridgehead atoms. The summed E-state index contributed by atoms with van der Waals surface area (Å²) in [5.41, 5.74) is 0. The molecule has 0 aromatic rings. The Labute approximate surface area is 114 Å². The molecule has 1 saturated carbocycles. The fourth-order valence-corrected chi connectivity index (χ4v) is 2.45. The fraction of sp³-hybridized carbons (Fsp3) is 0.857. The zero-order valence-corrected chi connectivity index (χ0v) is 12.0. The van der Waals surface area contributed by atoms with E-state index in [-0.39, 0.29) is 24.5 Å². The number of carboxylic acid groups (broad SMARTS) is 1. The average molecular weight is 271 g/mol. The Kier molecular flexibility index (Phi) is 6.28. The number of rotatable bonds is 6. The molecule has 0 aromatic heterocycles. The van der Waals surface area contributed by atoms with Crippen molar-refractivity contribution in [2.75, 3.05) is 6.61 Å². The predicted molar refractivity (Wildman–Crippen MR) is 71.8 cm³/mol. The molecule has 0 aromatic carbocycles. The van der Waals surface area contributed by atoms with Crippen molar-refractivity contribution in [1.82, 2.24) is 5.32 Å². The van der Waals surface area contributed by atoms with Crippen LogP contribution in [0.1, 0.15) is 46.5 Å². The third-order valence-corrected chi connectivity index (χ3v) is 3.59. The van der Waals surface area contributed by atoms with Crippen molar-refractivity contribution in [1.29, 1.82) is 0 Å². The Morgan fingerprint density at radius 1 is 1.37 bits per heavy atom. The first-order valence-corrected chi connectivity index (χ1v) is 7.04. The van der Waals surface area contributed by atoms with Gasteiger partial charge in [-0.1, -0.05) is 33.6 Å². The lowest BCUT2D eigenvalue weighted by atomic mass is 9.89. The lowest BCUT2D eigenvalue weighted by Crippen LogP contribution is -2.46. The first kappa shape index (κ1) is 16.0. The van der Waals surface area contributed by atoms with Crippen LogP contribution in [0.3, 0.4) is 0 Å². The van der Waals surface area contributed by atoms with Crippen molar-refractivity contribution in [3.05, 3.63) is 0 Å². The van der Waals surface area contributed by atoms with E-state index in [1.165, 1.54) is 6.42 Å². The fourth-order valence-electron chi connectivity index (χ4n) is 2.45. The van der Waals surface area contributed by atoms with Crippen molar-refractivity contribution in [2.45, 2.75) is 58.6 Å². The van der Waals surface area contributed by atoms with Crippen LogP contribution in [0, 0.1) is 11.8 Å². The van der Waals surface area contributed by atoms with Gasteiger partial charge in [-0.3, -0.25) is 4.79 Å². The Balaban J connectivity index is 2.32. The molecule has 0 unspecified atom stereocenters. The van der Waals surface area contributed by atoms with Gasteiger partial charge in [0.25, 0.3) is 0 Å². The van der Waals surface area contributed by atoms with E-state index in [2.05, 4.69) is 12.2 Å². The second-order valence-electron chi connectivity index (χ2n) is 5.83. The molecular formula is C14H25NO4. The van der Waals surface area contributed by atoms with Gasteiger partial charge in [0, 0.05) is 0 Å². The van der Waals surface area contributed by atoms with Crippen molar-refractivity contribution in [3.8, 4) is 0 Å². The van der Waals surface area contributed by atoms with Crippen LogP contribution >= 0.6 is 0 Å². The molecule has 5 heteroatoms. The summed E-state index contributed by atoms with van der Waals surface area (Å²) < 4.78 is 5.57. The van der Waals surface area contributed by atoms with E-state index in [0.717, 1.165) is 19.3 Å². The summed E-state index contributed by atoms with van der Waals surface area (Å²) in [6, 6.07) is -0.846. The minimum absolute atomic E-state index is 0.0477. The largest absolute Gasteiger partial charge is 0.480 e. The van der Waals surface area contributed by atoms with Crippen LogP contribution in [0.4, 0.5) is 0 Å². The molecule has 1 aliphatic carbocycles. The molecule has 0 aliphatic heterocycles. The number of ether oxygens (including phenoxy) is 1. The standard InChI is InChI=1S/C14H25NO4/c1-9(2)13(14(17)18)15-12(16)8-19-11-6-4-5-10(3)7-11/h9-11,13H,4-8H2,1-3H3,(H,15,16)(H,17,18)/t10-,11-,13+/m1/s1. The quantitative estimate of drug-likeness (QED) is 0.772. The van der Waals surface area contributed by atoms with E-state index in [9.17, 15) is 9.59 Å². The summed E-state index contributed by atoms with van der Waals surface area (Å²) in [6.07, 6.45) is 4.47. The minimum Gasteiger partial charge on any atom is -0.480 e. The van der Waals surface area contributed by atoms with Crippen molar-refractivity contribution < 1.29 is 19.4 Å². The first-order chi connectivity index (χ1) is 8.90. The molecule has 0 saturated heterocycles. The highest BCUT2D eigenvalue weighted by Crippen LogP contribution is 2.25. The molecule has 0 heterocycles. The Bertz CT molecular complexity index is 317. The van der Waals surface area contributed by atoms with Crippen LogP contribution in [0.15, 0.2) is 0 Å². The number of nitrogens with one attached hydrogen (secondary N) is 1. The summed E-state index contributed by atoms with van der Waals surface area (Å²) in [5, 5.41) is 11.5. The van der Waals surface area contributed by atoms with Gasteiger partial charge in [0.2, 0.25) is 5.91 Å². The third-order valence-electron chi connectivity index (χ3n) is 3.59. The van der Waals surface area contributed by atoms with Crippen molar-refractivity contribution in [3.63, 3.8) is 0 Å². The van der Waals surface area contributed by atoms with E-state index in [4.69, 9.17) is 9.84 Å². The van der Waals surface area contributed by atoms with E-state index in [1.807, 2.05) is 0 Å². The van der Waals surface area contributed by atoms with Crippen LogP contribution in [0.2, 0.25) is 0 Å². The smallest absolute Gasteiger partial charge is 0.326 e. The SMILES string of the molecule is CC(C)[C@H](NC(=O)CO[C@@H]1CCC[C@@H](C)C1)C(=O)O. The maximum atomic E-state index is 11.7. The molecule has 1 amide bonds. The number of hydrogen-bond donors (Lipinski definition) is 2. The number of carbonyl (C=O) groups is 2. The molecule has 3 atom stereocenters. The number of hydrogen-bond acceptors (Lipinski definition) is 3. The maximum Gasteiger partial charge on any atom is 0.326 e. The van der Waals surface area contributed by atoms with Gasteiger partial charge < -0.3 is 15.2 Å². The maximum absolute atomic E-state index is 11.7. The number of amides is 1. The third kappa shape index (κ3) is 5.59. The molecule has 19 heavy (non-hydrogen) atoms. The van der Waals surface area contributed by atoms with Gasteiger partial charge in [0.1, 0.15) is 12.6 Å². The molecular weight excluding hydrogens is 246 g/mol. The van der Waals surface area contributed by atoms with Gasteiger partial charge in [-0.05, 0) is 24.7 Å². The normalized spacial score (nSPS) is 25.1. The van der Waals surface area contributed by atoms with Gasteiger partial charge in [0.15, 0.2) is 0 Å². The van der Waals surface area contributed by atoms with Crippen LogP contribution in [0.25, 0.3) is 0 Å². The Morgan fingerprint density at radius 3 is 2.58 bits per heavy atom. The molecule has 1 aliphatic rings. The van der Waals surface area contributed by atoms with E-state index >= 15 is 0 Å². The van der Waals surface area contributed by atoms with Gasteiger partial charge in [-0.2, -0.15) is 0 Å². The van der Waals surface area contributed by atoms with Crippen molar-refractivity contribution in [2.24, 2.45) is 11.8 Å². The van der Waals surface area contributed by atoms with Crippen LogP contribution in [-0.2, 0) is 14.3 Å². The molecule has 1 rings (SSSR count). The highest BCUT2D eigenvalue weighted by atomic mass is 16.5. The molecule has 5 nitrogen and oxygen atoms in total. The van der Waals surface area contributed by atoms with Gasteiger partial charge >= 0.3 is 5.97 Å². The minimum atomic E-state index is -1.00. The summed E-state index contributed by atoms with van der Waals surface area (Å²) in [7, 11) is 0. The first-order valence-electron chi connectivity index (χ1n) is 7.04. The van der Waals surface area contributed by atoms with Crippen LogP contribution in [0.5, 0.6) is 0 Å². The topological polar surface area (TPSA) is 75.6 Å². The van der Waals surface area contributed by atoms with Gasteiger partial charge in [0.05, 0.1) is 6.10 Å². The molecule has 0 radical (unpaired) electrons. The summed E-state index contributed by atoms with van der Waals surface area (Å²) in [6.45, 7) is 5.67. The second-order valence-corrected chi connectivity index (χ2v) is 5.83. The van der Waals surface area contributed by atoms with Crippen LogP contribution in [-0.4, -0.2) is 35.7 Å². The lowest BCUT2D eigenvalue weighted by Gasteiger charge is -2.27. The zero-order valence-electron chi connectivity index (χ0n) is 12.0. The Hall–Kier alpha value is -1.10.